The topological polar surface area (TPSA) is 63.8 Å². The van der Waals surface area contributed by atoms with E-state index in [1.807, 2.05) is 0 Å². The summed E-state index contributed by atoms with van der Waals surface area (Å²) < 4.78 is 40.5. The zero-order valence-corrected chi connectivity index (χ0v) is 14.1. The number of alkyl halides is 3. The molecule has 9 heteroatoms. The quantitative estimate of drug-likeness (QED) is 0.587. The highest BCUT2D eigenvalue weighted by Gasteiger charge is 2.31. The van der Waals surface area contributed by atoms with Gasteiger partial charge in [-0.25, -0.2) is 14.6 Å². The monoisotopic (exact) mass is 390 g/mol. The number of thiazole rings is 1. The van der Waals surface area contributed by atoms with Crippen molar-refractivity contribution in [2.45, 2.75) is 6.36 Å². The molecule has 1 aromatic heterocycles. The van der Waals surface area contributed by atoms with Crippen molar-refractivity contribution >= 4 is 23.0 Å². The first-order chi connectivity index (χ1) is 12.8. The van der Waals surface area contributed by atoms with Crippen molar-refractivity contribution in [2.75, 3.05) is 0 Å². The molecule has 136 valence electrons. The maximum atomic E-state index is 12.2. The van der Waals surface area contributed by atoms with Crippen LogP contribution in [-0.4, -0.2) is 22.4 Å². The van der Waals surface area contributed by atoms with Gasteiger partial charge in [-0.15, -0.1) is 24.5 Å². The molecule has 0 radical (unpaired) electrons. The first kappa shape index (κ1) is 18.4. The Labute approximate surface area is 155 Å². The van der Waals surface area contributed by atoms with E-state index in [0.29, 0.717) is 21.7 Å². The number of aromatic nitrogens is 1. The minimum absolute atomic E-state index is 0.0821. The Morgan fingerprint density at radius 2 is 1.81 bits per heavy atom. The Morgan fingerprint density at radius 1 is 1.15 bits per heavy atom. The molecule has 3 aromatic rings. The number of nitrogens with zero attached hydrogens (tertiary/aromatic N) is 2. The summed E-state index contributed by atoms with van der Waals surface area (Å²) in [6, 6.07) is 10.1. The number of benzene rings is 2. The summed E-state index contributed by atoms with van der Waals surface area (Å²) in [5.74, 6) is -1.43. The molecule has 27 heavy (non-hydrogen) atoms. The van der Waals surface area contributed by atoms with Gasteiger partial charge in [0, 0.05) is 5.56 Å². The van der Waals surface area contributed by atoms with Crippen LogP contribution >= 0.6 is 11.3 Å². The molecule has 0 spiro atoms. The third-order valence-corrected chi connectivity index (χ3v) is 4.51. The molecule has 0 unspecified atom stereocenters. The number of ether oxygens (including phenoxy) is 1. The number of carboxylic acid groups (broad SMARTS) is 1. The molecule has 0 aliphatic rings. The fourth-order valence-electron chi connectivity index (χ4n) is 2.34. The van der Waals surface area contributed by atoms with Crippen molar-refractivity contribution < 1.29 is 27.8 Å². The number of hydrogen-bond acceptors (Lipinski definition) is 4. The summed E-state index contributed by atoms with van der Waals surface area (Å²) >= 11 is 0.986. The molecule has 0 atom stereocenters. The molecule has 0 saturated carbocycles. The van der Waals surface area contributed by atoms with Crippen molar-refractivity contribution in [2.24, 2.45) is 0 Å². The normalized spacial score (nSPS) is 11.0. The average molecular weight is 390 g/mol. The lowest BCUT2D eigenvalue weighted by Gasteiger charge is -2.10. The number of rotatable bonds is 4. The lowest BCUT2D eigenvalue weighted by molar-refractivity contribution is -0.274. The molecule has 0 aliphatic heterocycles. The van der Waals surface area contributed by atoms with E-state index in [0.717, 1.165) is 11.3 Å². The standard InChI is InChI=1S/C18H9F3N2O3S/c1-22-14-8-11(16-23-9-15(27-16)17(24)25)4-7-13(14)10-2-5-12(6-3-10)26-18(19,20)21/h2-9H,(H,24,25). The second-order valence-corrected chi connectivity index (χ2v) is 6.28. The van der Waals surface area contributed by atoms with Gasteiger partial charge in [0.2, 0.25) is 0 Å². The Kier molecular flexibility index (Phi) is 4.83. The molecule has 5 nitrogen and oxygen atoms in total. The van der Waals surface area contributed by atoms with Crippen molar-refractivity contribution in [1.29, 1.82) is 0 Å². The van der Waals surface area contributed by atoms with Crippen molar-refractivity contribution in [3.8, 4) is 27.4 Å². The Hall–Kier alpha value is -3.38. The van der Waals surface area contributed by atoms with Gasteiger partial charge in [-0.05, 0) is 29.3 Å². The second kappa shape index (κ2) is 7.09. The maximum absolute atomic E-state index is 12.2. The van der Waals surface area contributed by atoms with Crippen molar-refractivity contribution in [3.63, 3.8) is 0 Å². The molecule has 0 aliphatic carbocycles. The lowest BCUT2D eigenvalue weighted by atomic mass is 10.0. The fraction of sp³-hybridized carbons (Fsp3) is 0.0556. The molecule has 0 bridgehead atoms. The first-order valence-electron chi connectivity index (χ1n) is 7.34. The average Bonchev–Trinajstić information content (AvgIpc) is 3.11. The third-order valence-electron chi connectivity index (χ3n) is 3.48. The van der Waals surface area contributed by atoms with Crippen LogP contribution in [-0.2, 0) is 0 Å². The summed E-state index contributed by atoms with van der Waals surface area (Å²) in [6.45, 7) is 7.37. The van der Waals surface area contributed by atoms with Gasteiger partial charge in [0.25, 0.3) is 0 Å². The summed E-state index contributed by atoms with van der Waals surface area (Å²) in [7, 11) is 0. The lowest BCUT2D eigenvalue weighted by Crippen LogP contribution is -2.16. The number of hydrogen-bond donors (Lipinski definition) is 1. The zero-order valence-electron chi connectivity index (χ0n) is 13.3. The number of halogens is 3. The van der Waals surface area contributed by atoms with E-state index < -0.39 is 12.3 Å². The first-order valence-corrected chi connectivity index (χ1v) is 8.15. The predicted octanol–water partition coefficient (Wildman–Crippen LogP) is 5.62. The molecule has 1 heterocycles. The molecule has 2 aromatic carbocycles. The molecule has 0 saturated heterocycles. The number of carboxylic acids is 1. The molecule has 0 fully saturated rings. The number of aromatic carboxylic acids is 1. The van der Waals surface area contributed by atoms with E-state index in [4.69, 9.17) is 11.7 Å². The van der Waals surface area contributed by atoms with Gasteiger partial charge < -0.3 is 9.84 Å². The Bertz CT molecular complexity index is 1040. The minimum atomic E-state index is -4.77. The summed E-state index contributed by atoms with van der Waals surface area (Å²) in [6.07, 6.45) is -3.53. The van der Waals surface area contributed by atoms with Crippen LogP contribution in [0.2, 0.25) is 0 Å². The minimum Gasteiger partial charge on any atom is -0.477 e. The summed E-state index contributed by atoms with van der Waals surface area (Å²) in [4.78, 5) is 18.5. The van der Waals surface area contributed by atoms with Crippen LogP contribution in [0.1, 0.15) is 9.67 Å². The molecular formula is C18H9F3N2O3S. The van der Waals surface area contributed by atoms with E-state index in [1.165, 1.54) is 30.5 Å². The van der Waals surface area contributed by atoms with Crippen LogP contribution < -0.4 is 4.74 Å². The molecular weight excluding hydrogens is 381 g/mol. The zero-order chi connectivity index (χ0) is 19.6. The van der Waals surface area contributed by atoms with Crippen LogP contribution in [0, 0.1) is 6.57 Å². The predicted molar refractivity (Wildman–Crippen MR) is 92.9 cm³/mol. The van der Waals surface area contributed by atoms with Crippen LogP contribution in [0.3, 0.4) is 0 Å². The molecule has 3 rings (SSSR count). The van der Waals surface area contributed by atoms with Gasteiger partial charge in [0.1, 0.15) is 15.6 Å². The van der Waals surface area contributed by atoms with Crippen molar-refractivity contribution in [1.82, 2.24) is 4.98 Å². The highest BCUT2D eigenvalue weighted by Crippen LogP contribution is 2.36. The van der Waals surface area contributed by atoms with E-state index in [9.17, 15) is 18.0 Å². The Morgan fingerprint density at radius 3 is 2.37 bits per heavy atom. The SMILES string of the molecule is [C-]#[N+]c1cc(-c2ncc(C(=O)O)s2)ccc1-c1ccc(OC(F)(F)F)cc1. The van der Waals surface area contributed by atoms with Crippen molar-refractivity contribution in [3.05, 3.63) is 65.0 Å². The molecule has 0 amide bonds. The highest BCUT2D eigenvalue weighted by molar-refractivity contribution is 7.16. The largest absolute Gasteiger partial charge is 0.573 e. The van der Waals surface area contributed by atoms with Gasteiger partial charge in [-0.3, -0.25) is 0 Å². The van der Waals surface area contributed by atoms with E-state index in [-0.39, 0.29) is 16.3 Å². The summed E-state index contributed by atoms with van der Waals surface area (Å²) in [5, 5.41) is 9.43. The smallest absolute Gasteiger partial charge is 0.477 e. The third kappa shape index (κ3) is 4.24. The van der Waals surface area contributed by atoms with Gasteiger partial charge in [0.15, 0.2) is 5.69 Å². The van der Waals surface area contributed by atoms with Gasteiger partial charge in [0.05, 0.1) is 12.8 Å². The van der Waals surface area contributed by atoms with Gasteiger partial charge >= 0.3 is 12.3 Å². The van der Waals surface area contributed by atoms with E-state index >= 15 is 0 Å². The van der Waals surface area contributed by atoms with Gasteiger partial charge in [-0.1, -0.05) is 24.3 Å². The Balaban J connectivity index is 1.92. The van der Waals surface area contributed by atoms with Crippen LogP contribution in [0.15, 0.2) is 48.7 Å². The second-order valence-electron chi connectivity index (χ2n) is 5.25. The van der Waals surface area contributed by atoms with E-state index in [1.54, 1.807) is 18.2 Å². The number of carbonyl (C=O) groups is 1. The maximum Gasteiger partial charge on any atom is 0.573 e. The highest BCUT2D eigenvalue weighted by atomic mass is 32.1. The van der Waals surface area contributed by atoms with Crippen LogP contribution in [0.25, 0.3) is 26.5 Å². The fourth-order valence-corrected chi connectivity index (χ4v) is 3.10. The molecule has 1 N–H and O–H groups in total. The van der Waals surface area contributed by atoms with Crippen LogP contribution in [0.4, 0.5) is 18.9 Å². The summed E-state index contributed by atoms with van der Waals surface area (Å²) in [5.41, 5.74) is 1.93. The van der Waals surface area contributed by atoms with Gasteiger partial charge in [-0.2, -0.15) is 0 Å². The van der Waals surface area contributed by atoms with E-state index in [2.05, 4.69) is 14.6 Å². The van der Waals surface area contributed by atoms with Crippen LogP contribution in [0.5, 0.6) is 5.75 Å².